The third kappa shape index (κ3) is 4.82. The van der Waals surface area contributed by atoms with Crippen LogP contribution in [0.2, 0.25) is 0 Å². The Morgan fingerprint density at radius 1 is 1.10 bits per heavy atom. The van der Waals surface area contributed by atoms with E-state index in [2.05, 4.69) is 5.16 Å². The van der Waals surface area contributed by atoms with Crippen LogP contribution in [-0.2, 0) is 11.4 Å². The Hall–Kier alpha value is -4.14. The van der Waals surface area contributed by atoms with Gasteiger partial charge in [0.05, 0.1) is 4.92 Å². The quantitative estimate of drug-likeness (QED) is 0.206. The number of hydrogen-bond acceptors (Lipinski definition) is 7. The Labute approximate surface area is 171 Å². The second kappa shape index (κ2) is 8.91. The van der Waals surface area contributed by atoms with E-state index in [1.165, 1.54) is 30.3 Å². The molecule has 9 heteroatoms. The first kappa shape index (κ1) is 20.6. The first-order chi connectivity index (χ1) is 14.3. The first-order valence-electron chi connectivity index (χ1n) is 8.92. The van der Waals surface area contributed by atoms with Crippen LogP contribution in [0.25, 0.3) is 0 Å². The van der Waals surface area contributed by atoms with E-state index in [1.54, 1.807) is 6.07 Å². The maximum absolute atomic E-state index is 12.1. The summed E-state index contributed by atoms with van der Waals surface area (Å²) in [4.78, 5) is 27.0. The molecule has 2 N–H and O–H groups in total. The van der Waals surface area contributed by atoms with Crippen molar-refractivity contribution >= 4 is 17.5 Å². The summed E-state index contributed by atoms with van der Waals surface area (Å²) in [5.74, 6) is 0.201. The maximum Gasteiger partial charge on any atom is 0.400 e. The zero-order valence-electron chi connectivity index (χ0n) is 16.3. The summed E-state index contributed by atoms with van der Waals surface area (Å²) >= 11 is 0. The molecule has 0 unspecified atom stereocenters. The summed E-state index contributed by atoms with van der Waals surface area (Å²) < 4.78 is 11.2. The van der Waals surface area contributed by atoms with Crippen molar-refractivity contribution in [1.29, 1.82) is 0 Å². The van der Waals surface area contributed by atoms with Gasteiger partial charge in [-0.3, -0.25) is 10.1 Å². The fraction of sp³-hybridized carbons (Fsp3) is 0.143. The number of amidine groups is 1. The predicted octanol–water partition coefficient (Wildman–Crippen LogP) is 3.86. The smallest absolute Gasteiger partial charge is 0.400 e. The molecule has 0 fully saturated rings. The summed E-state index contributed by atoms with van der Waals surface area (Å²) in [6.07, 6.45) is 0. The number of nitrogens with zero attached hydrogens (tertiary/aromatic N) is 2. The van der Waals surface area contributed by atoms with Crippen LogP contribution in [0.1, 0.15) is 33.0 Å². The molecule has 154 valence electrons. The lowest BCUT2D eigenvalue weighted by Gasteiger charge is -2.10. The van der Waals surface area contributed by atoms with E-state index < -0.39 is 10.9 Å². The fourth-order valence-corrected chi connectivity index (χ4v) is 2.68. The Kier molecular flexibility index (Phi) is 6.11. The van der Waals surface area contributed by atoms with Crippen molar-refractivity contribution in [3.05, 3.63) is 92.9 Å². The third-order valence-electron chi connectivity index (χ3n) is 4.23. The second-order valence-corrected chi connectivity index (χ2v) is 6.43. The normalized spacial score (nSPS) is 11.2. The topological polar surface area (TPSA) is 130 Å². The number of carbonyl (C=O) groups excluding carboxylic acids is 1. The minimum absolute atomic E-state index is 0.0599. The average molecular weight is 409 g/mol. The highest BCUT2D eigenvalue weighted by atomic mass is 16.7. The Balaban J connectivity index is 1.60. The van der Waals surface area contributed by atoms with Gasteiger partial charge >= 0.3 is 5.97 Å². The number of rotatable bonds is 7. The monoisotopic (exact) mass is 409 g/mol. The lowest BCUT2D eigenvalue weighted by molar-refractivity contribution is -0.384. The molecular weight excluding hydrogens is 390 g/mol. The zero-order chi connectivity index (χ0) is 21.7. The number of carbonyl (C=O) groups is 1. The number of nitro groups is 1. The van der Waals surface area contributed by atoms with Gasteiger partial charge in [0, 0.05) is 17.7 Å². The summed E-state index contributed by atoms with van der Waals surface area (Å²) in [6.45, 7) is 4.04. The molecule has 9 nitrogen and oxygen atoms in total. The standard InChI is InChI=1S/C21H19N3O6/c1-13-4-3-5-14(2)19(13)28-12-17-10-11-18(29-17)21(25)30-23-20(22)15-6-8-16(9-7-15)24(26)27/h3-11H,12H2,1-2H3,(H2,22,23). The maximum atomic E-state index is 12.1. The summed E-state index contributed by atoms with van der Waals surface area (Å²) in [5.41, 5.74) is 8.02. The zero-order valence-corrected chi connectivity index (χ0v) is 16.3. The molecule has 3 rings (SSSR count). The molecule has 0 aliphatic heterocycles. The van der Waals surface area contributed by atoms with Crippen LogP contribution in [0.4, 0.5) is 5.69 Å². The van der Waals surface area contributed by atoms with Crippen molar-refractivity contribution in [3.63, 3.8) is 0 Å². The molecule has 1 heterocycles. The molecule has 1 aromatic heterocycles. The van der Waals surface area contributed by atoms with Crippen LogP contribution in [0.3, 0.4) is 0 Å². The van der Waals surface area contributed by atoms with Crippen LogP contribution in [0, 0.1) is 24.0 Å². The van der Waals surface area contributed by atoms with E-state index >= 15 is 0 Å². The molecular formula is C21H19N3O6. The van der Waals surface area contributed by atoms with Crippen LogP contribution in [0.5, 0.6) is 5.75 Å². The summed E-state index contributed by atoms with van der Waals surface area (Å²) in [7, 11) is 0. The van der Waals surface area contributed by atoms with Gasteiger partial charge in [0.2, 0.25) is 5.76 Å². The molecule has 0 aliphatic rings. The van der Waals surface area contributed by atoms with E-state index in [0.29, 0.717) is 11.3 Å². The molecule has 0 saturated carbocycles. The van der Waals surface area contributed by atoms with Crippen molar-refractivity contribution in [3.8, 4) is 5.75 Å². The molecule has 0 saturated heterocycles. The van der Waals surface area contributed by atoms with Gasteiger partial charge in [0.25, 0.3) is 5.69 Å². The van der Waals surface area contributed by atoms with Crippen LogP contribution in [-0.4, -0.2) is 16.7 Å². The number of furan rings is 1. The van der Waals surface area contributed by atoms with Gasteiger partial charge in [-0.25, -0.2) is 4.79 Å². The van der Waals surface area contributed by atoms with Gasteiger partial charge in [-0.15, -0.1) is 0 Å². The Morgan fingerprint density at radius 3 is 2.40 bits per heavy atom. The van der Waals surface area contributed by atoms with Gasteiger partial charge in [-0.1, -0.05) is 23.4 Å². The van der Waals surface area contributed by atoms with E-state index in [0.717, 1.165) is 16.9 Å². The number of benzene rings is 2. The van der Waals surface area contributed by atoms with E-state index in [-0.39, 0.29) is 23.9 Å². The number of hydrogen-bond donors (Lipinski definition) is 1. The first-order valence-corrected chi connectivity index (χ1v) is 8.92. The predicted molar refractivity (Wildman–Crippen MR) is 108 cm³/mol. The molecule has 0 atom stereocenters. The molecule has 3 aromatic rings. The number of nitrogens with two attached hydrogens (primary N) is 1. The largest absolute Gasteiger partial charge is 0.485 e. The van der Waals surface area contributed by atoms with Gasteiger partial charge in [-0.2, -0.15) is 0 Å². The van der Waals surface area contributed by atoms with Crippen molar-refractivity contribution < 1.29 is 23.7 Å². The number of ether oxygens (including phenoxy) is 1. The number of non-ortho nitro benzene ring substituents is 1. The van der Waals surface area contributed by atoms with Crippen LogP contribution in [0.15, 0.2) is 64.2 Å². The Bertz CT molecular complexity index is 1080. The minimum Gasteiger partial charge on any atom is -0.485 e. The van der Waals surface area contributed by atoms with Crippen molar-refractivity contribution in [2.45, 2.75) is 20.5 Å². The molecule has 0 spiro atoms. The molecule has 30 heavy (non-hydrogen) atoms. The van der Waals surface area contributed by atoms with Crippen LogP contribution < -0.4 is 10.5 Å². The lowest BCUT2D eigenvalue weighted by atomic mass is 10.1. The Morgan fingerprint density at radius 2 is 1.77 bits per heavy atom. The molecule has 2 aromatic carbocycles. The number of oxime groups is 1. The molecule has 0 bridgehead atoms. The highest BCUT2D eigenvalue weighted by Crippen LogP contribution is 2.24. The van der Waals surface area contributed by atoms with Crippen molar-refractivity contribution in [2.24, 2.45) is 10.9 Å². The molecule has 0 radical (unpaired) electrons. The summed E-state index contributed by atoms with van der Waals surface area (Å²) in [6, 6.07) is 14.2. The minimum atomic E-state index is -0.835. The second-order valence-electron chi connectivity index (χ2n) is 6.43. The van der Waals surface area contributed by atoms with E-state index in [1.807, 2.05) is 32.0 Å². The highest BCUT2D eigenvalue weighted by Gasteiger charge is 2.15. The van der Waals surface area contributed by atoms with Gasteiger partial charge in [0.15, 0.2) is 5.84 Å². The van der Waals surface area contributed by atoms with E-state index in [9.17, 15) is 14.9 Å². The molecule has 0 aliphatic carbocycles. The van der Waals surface area contributed by atoms with Crippen molar-refractivity contribution in [1.82, 2.24) is 0 Å². The lowest BCUT2D eigenvalue weighted by Crippen LogP contribution is -2.15. The van der Waals surface area contributed by atoms with Gasteiger partial charge in [-0.05, 0) is 49.2 Å². The summed E-state index contributed by atoms with van der Waals surface area (Å²) in [5, 5.41) is 14.2. The molecule has 0 amide bonds. The van der Waals surface area contributed by atoms with Crippen LogP contribution >= 0.6 is 0 Å². The van der Waals surface area contributed by atoms with Gasteiger partial charge < -0.3 is 19.7 Å². The fourth-order valence-electron chi connectivity index (χ4n) is 2.68. The van der Waals surface area contributed by atoms with E-state index in [4.69, 9.17) is 19.7 Å². The number of aryl methyl sites for hydroxylation is 2. The number of para-hydroxylation sites is 1. The highest BCUT2D eigenvalue weighted by molar-refractivity contribution is 5.98. The SMILES string of the molecule is Cc1cccc(C)c1OCc1ccc(C(=O)O/N=C(\N)c2ccc([N+](=O)[O-])cc2)o1. The van der Waals surface area contributed by atoms with Gasteiger partial charge in [0.1, 0.15) is 18.1 Å². The third-order valence-corrected chi connectivity index (χ3v) is 4.23. The average Bonchev–Trinajstić information content (AvgIpc) is 3.20. The number of nitro benzene ring substituents is 1. The van der Waals surface area contributed by atoms with Crippen molar-refractivity contribution in [2.75, 3.05) is 0 Å².